The Morgan fingerprint density at radius 3 is 2.21 bits per heavy atom. The average Bonchev–Trinajstić information content (AvgIpc) is 2.48. The Balaban J connectivity index is 3.29. The van der Waals surface area contributed by atoms with Gasteiger partial charge in [-0.3, -0.25) is 19.2 Å². The highest BCUT2D eigenvalue weighted by atomic mass is 16.5. The van der Waals surface area contributed by atoms with Crippen LogP contribution in [0.4, 0.5) is 0 Å². The van der Waals surface area contributed by atoms with Gasteiger partial charge in [-0.2, -0.15) is 0 Å². The van der Waals surface area contributed by atoms with E-state index in [1.54, 1.807) is 13.8 Å². The highest BCUT2D eigenvalue weighted by molar-refractivity contribution is 5.84. The minimum absolute atomic E-state index is 0.0667. The zero-order chi connectivity index (χ0) is 18.6. The van der Waals surface area contributed by atoms with Crippen LogP contribution in [0.15, 0.2) is 11.6 Å². The fraction of sp³-hybridized carbons (Fsp3) is 0.625. The average molecular weight is 342 g/mol. The van der Waals surface area contributed by atoms with E-state index in [9.17, 15) is 34.5 Å². The van der Waals surface area contributed by atoms with Crippen molar-refractivity contribution in [3.63, 3.8) is 0 Å². The summed E-state index contributed by atoms with van der Waals surface area (Å²) in [5, 5.41) is 27.8. The number of carboxylic acids is 3. The van der Waals surface area contributed by atoms with Gasteiger partial charge in [-0.25, -0.2) is 0 Å². The van der Waals surface area contributed by atoms with Crippen LogP contribution in [-0.2, 0) is 23.9 Å². The largest absolute Gasteiger partial charge is 0.481 e. The van der Waals surface area contributed by atoms with E-state index in [1.807, 2.05) is 0 Å². The summed E-state index contributed by atoms with van der Waals surface area (Å²) in [6, 6.07) is 0. The zero-order valence-electron chi connectivity index (χ0n) is 13.8. The van der Waals surface area contributed by atoms with Crippen molar-refractivity contribution >= 4 is 23.9 Å². The normalized spacial score (nSPS) is 26.0. The number of rotatable bonds is 7. The number of hydrogen-bond acceptors (Lipinski definition) is 5. The maximum Gasteiger partial charge on any atom is 0.311 e. The Morgan fingerprint density at radius 1 is 1.21 bits per heavy atom. The maximum atomic E-state index is 12.2. The van der Waals surface area contributed by atoms with Crippen molar-refractivity contribution in [1.29, 1.82) is 0 Å². The fourth-order valence-corrected chi connectivity index (χ4v) is 3.17. The van der Waals surface area contributed by atoms with Crippen LogP contribution in [0.3, 0.4) is 0 Å². The summed E-state index contributed by atoms with van der Waals surface area (Å²) in [5.74, 6) is -9.77. The minimum atomic E-state index is -1.29. The van der Waals surface area contributed by atoms with Crippen LogP contribution in [-0.4, -0.2) is 45.8 Å². The number of carbonyl (C=O) groups is 4. The van der Waals surface area contributed by atoms with Gasteiger partial charge in [0.25, 0.3) is 0 Å². The molecule has 8 heteroatoms. The van der Waals surface area contributed by atoms with Gasteiger partial charge in [0.15, 0.2) is 0 Å². The van der Waals surface area contributed by atoms with Gasteiger partial charge in [0.2, 0.25) is 0 Å². The number of ether oxygens (including phenoxy) is 1. The van der Waals surface area contributed by atoms with Gasteiger partial charge in [0, 0.05) is 0 Å². The van der Waals surface area contributed by atoms with Crippen molar-refractivity contribution in [2.24, 2.45) is 29.6 Å². The molecular formula is C16H22O8. The summed E-state index contributed by atoms with van der Waals surface area (Å²) in [6.07, 6.45) is 1.17. The molecule has 8 nitrogen and oxygen atoms in total. The molecule has 5 unspecified atom stereocenters. The number of hydrogen-bond donors (Lipinski definition) is 3. The molecule has 0 radical (unpaired) electrons. The molecule has 0 aromatic heterocycles. The molecule has 0 fully saturated rings. The van der Waals surface area contributed by atoms with Crippen molar-refractivity contribution in [3.05, 3.63) is 11.6 Å². The highest BCUT2D eigenvalue weighted by Gasteiger charge is 2.46. The quantitative estimate of drug-likeness (QED) is 0.464. The third-order valence-electron chi connectivity index (χ3n) is 4.49. The molecule has 0 saturated heterocycles. The van der Waals surface area contributed by atoms with Crippen molar-refractivity contribution < 1.29 is 39.2 Å². The monoisotopic (exact) mass is 342 g/mol. The molecule has 5 atom stereocenters. The van der Waals surface area contributed by atoms with Gasteiger partial charge in [-0.05, 0) is 26.2 Å². The van der Waals surface area contributed by atoms with E-state index in [4.69, 9.17) is 4.74 Å². The van der Waals surface area contributed by atoms with Crippen LogP contribution in [0.5, 0.6) is 0 Å². The third-order valence-corrected chi connectivity index (χ3v) is 4.49. The van der Waals surface area contributed by atoms with Gasteiger partial charge in [0.1, 0.15) is 0 Å². The lowest BCUT2D eigenvalue weighted by atomic mass is 9.67. The second-order valence-corrected chi connectivity index (χ2v) is 5.97. The molecule has 0 spiro atoms. The smallest absolute Gasteiger partial charge is 0.311 e. The molecule has 1 aliphatic carbocycles. The van der Waals surface area contributed by atoms with Gasteiger partial charge < -0.3 is 20.1 Å². The second-order valence-electron chi connectivity index (χ2n) is 5.97. The lowest BCUT2D eigenvalue weighted by molar-refractivity contribution is -0.161. The van der Waals surface area contributed by atoms with Crippen LogP contribution >= 0.6 is 0 Å². The fourth-order valence-electron chi connectivity index (χ4n) is 3.17. The van der Waals surface area contributed by atoms with E-state index in [-0.39, 0.29) is 13.0 Å². The molecular weight excluding hydrogens is 320 g/mol. The van der Waals surface area contributed by atoms with E-state index in [1.165, 1.54) is 13.0 Å². The van der Waals surface area contributed by atoms with E-state index < -0.39 is 53.5 Å². The standard InChI is InChI=1S/C16H22O8/c1-4-24-16(23)12(8(3)13(17)18)9-6-11(15(21)22)10(14(19)20)5-7(9)2/h5,8-12H,4,6H2,1-3H3,(H,17,18)(H,19,20)(H,21,22). The maximum absolute atomic E-state index is 12.2. The Hall–Kier alpha value is -2.38. The van der Waals surface area contributed by atoms with Gasteiger partial charge in [-0.1, -0.05) is 18.6 Å². The van der Waals surface area contributed by atoms with E-state index in [0.717, 1.165) is 0 Å². The lowest BCUT2D eigenvalue weighted by Crippen LogP contribution is -2.42. The van der Waals surface area contributed by atoms with Gasteiger partial charge in [0.05, 0.1) is 30.3 Å². The van der Waals surface area contributed by atoms with Gasteiger partial charge >= 0.3 is 23.9 Å². The molecule has 1 rings (SSSR count). The first-order valence-corrected chi connectivity index (χ1v) is 7.65. The molecule has 1 aliphatic rings. The molecule has 0 bridgehead atoms. The van der Waals surface area contributed by atoms with Crippen LogP contribution in [0.25, 0.3) is 0 Å². The molecule has 0 aromatic rings. The lowest BCUT2D eigenvalue weighted by Gasteiger charge is -2.35. The molecule has 134 valence electrons. The summed E-state index contributed by atoms with van der Waals surface area (Å²) < 4.78 is 4.95. The first kappa shape index (κ1) is 19.7. The summed E-state index contributed by atoms with van der Waals surface area (Å²) in [6.45, 7) is 4.59. The minimum Gasteiger partial charge on any atom is -0.481 e. The molecule has 0 heterocycles. The van der Waals surface area contributed by atoms with Crippen LogP contribution in [0.1, 0.15) is 27.2 Å². The predicted octanol–water partition coefficient (Wildman–Crippen LogP) is 1.25. The van der Waals surface area contributed by atoms with Crippen molar-refractivity contribution in [3.8, 4) is 0 Å². The van der Waals surface area contributed by atoms with Crippen LogP contribution in [0, 0.1) is 29.6 Å². The second kappa shape index (κ2) is 7.94. The van der Waals surface area contributed by atoms with Crippen molar-refractivity contribution in [1.82, 2.24) is 0 Å². The first-order valence-electron chi connectivity index (χ1n) is 7.65. The van der Waals surface area contributed by atoms with E-state index in [2.05, 4.69) is 0 Å². The molecule has 0 amide bonds. The van der Waals surface area contributed by atoms with E-state index in [0.29, 0.717) is 5.57 Å². The predicted molar refractivity (Wildman–Crippen MR) is 81.0 cm³/mol. The topological polar surface area (TPSA) is 138 Å². The zero-order valence-corrected chi connectivity index (χ0v) is 13.8. The first-order chi connectivity index (χ1) is 11.1. The number of allylic oxidation sites excluding steroid dienone is 1. The van der Waals surface area contributed by atoms with Gasteiger partial charge in [-0.15, -0.1) is 0 Å². The summed E-state index contributed by atoms with van der Waals surface area (Å²) in [5.41, 5.74) is 0.492. The summed E-state index contributed by atoms with van der Waals surface area (Å²) in [7, 11) is 0. The summed E-state index contributed by atoms with van der Waals surface area (Å²) >= 11 is 0. The Kier molecular flexibility index (Phi) is 6.51. The van der Waals surface area contributed by atoms with Crippen molar-refractivity contribution in [2.45, 2.75) is 27.2 Å². The third kappa shape index (κ3) is 4.12. The number of aliphatic carboxylic acids is 3. The Morgan fingerprint density at radius 2 is 1.79 bits per heavy atom. The molecule has 0 saturated carbocycles. The summed E-state index contributed by atoms with van der Waals surface area (Å²) in [4.78, 5) is 46.3. The number of carboxylic acid groups (broad SMARTS) is 3. The molecule has 3 N–H and O–H groups in total. The van der Waals surface area contributed by atoms with E-state index >= 15 is 0 Å². The number of esters is 1. The number of carbonyl (C=O) groups excluding carboxylic acids is 1. The molecule has 24 heavy (non-hydrogen) atoms. The Bertz CT molecular complexity index is 564. The highest BCUT2D eigenvalue weighted by Crippen LogP contribution is 2.40. The van der Waals surface area contributed by atoms with Crippen molar-refractivity contribution in [2.75, 3.05) is 6.61 Å². The van der Waals surface area contributed by atoms with Crippen LogP contribution < -0.4 is 0 Å². The molecule has 0 aromatic carbocycles. The SMILES string of the molecule is CCOC(=O)C(C(C)C(=O)O)C1CC(C(=O)O)C(C(=O)O)C=C1C. The molecule has 0 aliphatic heterocycles. The Labute approximate surface area is 139 Å². The van der Waals surface area contributed by atoms with Crippen LogP contribution in [0.2, 0.25) is 0 Å².